The number of carbonyl (C=O) groups is 1. The zero-order chi connectivity index (χ0) is 21.6. The van der Waals surface area contributed by atoms with Gasteiger partial charge in [-0.15, -0.1) is 11.3 Å². The number of rotatable bonds is 6. The number of hydrogen-bond acceptors (Lipinski definition) is 5. The predicted molar refractivity (Wildman–Crippen MR) is 126 cm³/mol. The van der Waals surface area contributed by atoms with Crippen molar-refractivity contribution >= 4 is 22.4 Å². The van der Waals surface area contributed by atoms with Gasteiger partial charge in [0.2, 0.25) is 0 Å². The molecule has 1 aromatic carbocycles. The van der Waals surface area contributed by atoms with Crippen molar-refractivity contribution in [3.8, 4) is 11.3 Å². The smallest absolute Gasteiger partial charge is 0.253 e. The van der Waals surface area contributed by atoms with E-state index in [0.29, 0.717) is 12.5 Å². The number of carbonyl (C=O) groups excluding carboxylic acids is 1. The predicted octanol–water partition coefficient (Wildman–Crippen LogP) is 4.44. The molecule has 3 heterocycles. The summed E-state index contributed by atoms with van der Waals surface area (Å²) in [7, 11) is 3.80. The topological polar surface area (TPSA) is 68.2 Å². The first-order valence-electron chi connectivity index (χ1n) is 10.5. The summed E-state index contributed by atoms with van der Waals surface area (Å²) in [6.45, 7) is 2.35. The fraction of sp³-hybridized carbons (Fsp3) is 0.333. The van der Waals surface area contributed by atoms with Crippen LogP contribution < -0.4 is 10.6 Å². The molecule has 1 amide bonds. The molecule has 2 aliphatic rings. The average molecular weight is 437 g/mol. The van der Waals surface area contributed by atoms with Crippen molar-refractivity contribution < 1.29 is 9.53 Å². The van der Waals surface area contributed by atoms with E-state index in [1.165, 1.54) is 29.5 Å². The highest BCUT2D eigenvalue weighted by Gasteiger charge is 2.20. The van der Waals surface area contributed by atoms with E-state index in [2.05, 4.69) is 51.3 Å². The third-order valence-corrected chi connectivity index (χ3v) is 6.16. The van der Waals surface area contributed by atoms with E-state index in [1.807, 2.05) is 37.1 Å². The maximum atomic E-state index is 11.5. The van der Waals surface area contributed by atoms with Gasteiger partial charge < -0.3 is 19.9 Å². The van der Waals surface area contributed by atoms with Crippen LogP contribution in [0.15, 0.2) is 59.8 Å². The Morgan fingerprint density at radius 2 is 2.16 bits per heavy atom. The summed E-state index contributed by atoms with van der Waals surface area (Å²) in [4.78, 5) is 16.0. The number of aryl methyl sites for hydroxylation is 1. The summed E-state index contributed by atoms with van der Waals surface area (Å²) in [5.41, 5.74) is 5.77. The Morgan fingerprint density at radius 3 is 2.77 bits per heavy atom. The molecule has 162 valence electrons. The van der Waals surface area contributed by atoms with Crippen molar-refractivity contribution in [2.75, 3.05) is 32.1 Å². The number of benzene rings is 1. The van der Waals surface area contributed by atoms with E-state index in [9.17, 15) is 4.79 Å². The SMILES string of the molecule is CNc1nc(-c2cccc(C3COC3)c2)cs1.Cn1ccc(C(=O)NCC=C2CC2)c1. The van der Waals surface area contributed by atoms with Gasteiger partial charge in [0.25, 0.3) is 5.91 Å². The third kappa shape index (κ3) is 5.83. The fourth-order valence-electron chi connectivity index (χ4n) is 3.21. The van der Waals surface area contributed by atoms with Crippen LogP contribution in [0.2, 0.25) is 0 Å². The monoisotopic (exact) mass is 436 g/mol. The van der Waals surface area contributed by atoms with Gasteiger partial charge in [-0.2, -0.15) is 0 Å². The van der Waals surface area contributed by atoms with Crippen LogP contribution in [-0.4, -0.2) is 42.3 Å². The first kappa shape index (κ1) is 21.3. The zero-order valence-corrected chi connectivity index (χ0v) is 18.7. The Balaban J connectivity index is 0.000000152. The number of thiazole rings is 1. The van der Waals surface area contributed by atoms with Crippen LogP contribution in [0.1, 0.15) is 34.7 Å². The number of ether oxygens (including phenoxy) is 1. The molecule has 1 aliphatic heterocycles. The van der Waals surface area contributed by atoms with Gasteiger partial charge in [-0.05, 0) is 30.5 Å². The first-order chi connectivity index (χ1) is 15.1. The number of allylic oxidation sites excluding steroid dienone is 1. The molecule has 5 rings (SSSR count). The molecule has 2 aromatic heterocycles. The van der Waals surface area contributed by atoms with Gasteiger partial charge in [0.15, 0.2) is 5.13 Å². The first-order valence-corrected chi connectivity index (χ1v) is 11.4. The molecule has 2 fully saturated rings. The molecule has 0 spiro atoms. The lowest BCUT2D eigenvalue weighted by atomic mass is 9.95. The molecule has 1 saturated carbocycles. The highest BCUT2D eigenvalue weighted by atomic mass is 32.1. The standard InChI is InChI=1S/C13H14N2OS.C11H14N2O/c1-14-13-15-12(8-17-13)10-4-2-3-9(5-10)11-6-16-7-11;1-13-7-5-10(8-13)11(14)12-6-4-9-2-3-9/h2-5,8,11H,6-7H2,1H3,(H,14,15);4-5,7-8H,2-3,6H2,1H3,(H,12,14). The molecular formula is C24H28N4O2S. The number of nitrogens with one attached hydrogen (secondary N) is 2. The highest BCUT2D eigenvalue weighted by Crippen LogP contribution is 2.30. The molecule has 6 nitrogen and oxygen atoms in total. The number of nitrogens with zero attached hydrogens (tertiary/aromatic N) is 2. The second-order valence-electron chi connectivity index (χ2n) is 7.79. The van der Waals surface area contributed by atoms with E-state index in [-0.39, 0.29) is 5.91 Å². The Labute approximate surface area is 187 Å². The van der Waals surface area contributed by atoms with Gasteiger partial charge in [-0.1, -0.05) is 29.8 Å². The number of aromatic nitrogens is 2. The van der Waals surface area contributed by atoms with Crippen molar-refractivity contribution in [1.29, 1.82) is 0 Å². The van der Waals surface area contributed by atoms with Crippen molar-refractivity contribution in [1.82, 2.24) is 14.9 Å². The maximum absolute atomic E-state index is 11.5. The van der Waals surface area contributed by atoms with E-state index in [1.54, 1.807) is 11.3 Å². The Morgan fingerprint density at radius 1 is 1.32 bits per heavy atom. The average Bonchev–Trinajstić information content (AvgIpc) is 3.25. The summed E-state index contributed by atoms with van der Waals surface area (Å²) in [5, 5.41) is 8.96. The summed E-state index contributed by atoms with van der Waals surface area (Å²) in [6, 6.07) is 10.4. The second-order valence-corrected chi connectivity index (χ2v) is 8.64. The maximum Gasteiger partial charge on any atom is 0.253 e. The normalized spacial score (nSPS) is 14.8. The summed E-state index contributed by atoms with van der Waals surface area (Å²) in [5.74, 6) is 0.570. The molecule has 0 unspecified atom stereocenters. The Kier molecular flexibility index (Phi) is 6.84. The molecule has 31 heavy (non-hydrogen) atoms. The molecule has 3 aromatic rings. The van der Waals surface area contributed by atoms with E-state index < -0.39 is 0 Å². The van der Waals surface area contributed by atoms with Crippen LogP contribution in [0.25, 0.3) is 11.3 Å². The fourth-order valence-corrected chi connectivity index (χ4v) is 3.89. The molecule has 0 bridgehead atoms. The van der Waals surface area contributed by atoms with Crippen LogP contribution in [0.5, 0.6) is 0 Å². The van der Waals surface area contributed by atoms with E-state index in [4.69, 9.17) is 4.74 Å². The molecule has 0 radical (unpaired) electrons. The Bertz CT molecular complexity index is 1060. The summed E-state index contributed by atoms with van der Waals surface area (Å²) in [6.07, 6.45) is 8.21. The molecule has 0 atom stereocenters. The second kappa shape index (κ2) is 9.94. The van der Waals surface area contributed by atoms with Gasteiger partial charge in [0, 0.05) is 49.9 Å². The van der Waals surface area contributed by atoms with Crippen molar-refractivity contribution in [2.24, 2.45) is 7.05 Å². The van der Waals surface area contributed by atoms with E-state index >= 15 is 0 Å². The van der Waals surface area contributed by atoms with Gasteiger partial charge in [-0.25, -0.2) is 4.98 Å². The Hall–Kier alpha value is -2.90. The van der Waals surface area contributed by atoms with Crippen LogP contribution in [0, 0.1) is 0 Å². The summed E-state index contributed by atoms with van der Waals surface area (Å²) >= 11 is 1.63. The lowest BCUT2D eigenvalue weighted by Crippen LogP contribution is -2.24. The number of amides is 1. The minimum Gasteiger partial charge on any atom is -0.380 e. The van der Waals surface area contributed by atoms with Crippen molar-refractivity contribution in [3.63, 3.8) is 0 Å². The van der Waals surface area contributed by atoms with Gasteiger partial charge in [0.05, 0.1) is 24.5 Å². The molecule has 2 N–H and O–H groups in total. The van der Waals surface area contributed by atoms with Gasteiger partial charge >= 0.3 is 0 Å². The molecule has 1 saturated heterocycles. The minimum absolute atomic E-state index is 0.00287. The molecular weight excluding hydrogens is 408 g/mol. The van der Waals surface area contributed by atoms with Crippen LogP contribution in [-0.2, 0) is 11.8 Å². The molecule has 1 aliphatic carbocycles. The zero-order valence-electron chi connectivity index (χ0n) is 17.9. The van der Waals surface area contributed by atoms with Crippen LogP contribution in [0.3, 0.4) is 0 Å². The number of hydrogen-bond donors (Lipinski definition) is 2. The third-order valence-electron chi connectivity index (χ3n) is 5.30. The van der Waals surface area contributed by atoms with Crippen LogP contribution >= 0.6 is 11.3 Å². The van der Waals surface area contributed by atoms with E-state index in [0.717, 1.165) is 29.6 Å². The van der Waals surface area contributed by atoms with Gasteiger partial charge in [0.1, 0.15) is 0 Å². The highest BCUT2D eigenvalue weighted by molar-refractivity contribution is 7.14. The van der Waals surface area contributed by atoms with Crippen molar-refractivity contribution in [3.05, 3.63) is 70.9 Å². The van der Waals surface area contributed by atoms with Crippen LogP contribution in [0.4, 0.5) is 5.13 Å². The van der Waals surface area contributed by atoms with Gasteiger partial charge in [-0.3, -0.25) is 4.79 Å². The molecule has 7 heteroatoms. The lowest BCUT2D eigenvalue weighted by molar-refractivity contribution is 0.00844. The minimum atomic E-state index is 0.00287. The number of anilines is 1. The summed E-state index contributed by atoms with van der Waals surface area (Å²) < 4.78 is 7.10. The quantitative estimate of drug-likeness (QED) is 0.561. The lowest BCUT2D eigenvalue weighted by Gasteiger charge is -2.26. The largest absolute Gasteiger partial charge is 0.380 e. The van der Waals surface area contributed by atoms with Crippen molar-refractivity contribution in [2.45, 2.75) is 18.8 Å².